The predicted molar refractivity (Wildman–Crippen MR) is 127 cm³/mol. The van der Waals surface area contributed by atoms with Crippen LogP contribution in [0, 0.1) is 0 Å². The van der Waals surface area contributed by atoms with Gasteiger partial charge in [-0.25, -0.2) is 9.59 Å². The molecule has 2 aliphatic rings. The van der Waals surface area contributed by atoms with Gasteiger partial charge in [0.05, 0.1) is 25.7 Å². The number of aromatic carboxylic acids is 2. The van der Waals surface area contributed by atoms with Crippen LogP contribution in [0.4, 0.5) is 11.6 Å². The van der Waals surface area contributed by atoms with Crippen LogP contribution in [0.3, 0.4) is 0 Å². The van der Waals surface area contributed by atoms with Gasteiger partial charge in [0.1, 0.15) is 48.0 Å². The maximum atomic E-state index is 10.7. The molecular weight excluding hydrogens is 724 g/mol. The Hall–Kier alpha value is -1.96. The number of nitrogens with zero attached hydrogens (tertiary/aromatic N) is 4. The summed E-state index contributed by atoms with van der Waals surface area (Å²) in [6.45, 7) is -0.995. The number of carbonyl (C=O) groups is 2. The molecule has 2 fully saturated rings. The van der Waals surface area contributed by atoms with Gasteiger partial charge in [-0.05, 0) is 11.6 Å². The van der Waals surface area contributed by atoms with Crippen molar-refractivity contribution >= 4 is 23.6 Å². The van der Waals surface area contributed by atoms with E-state index in [1.54, 1.807) is 0 Å². The molecule has 2 aromatic heterocycles. The number of aliphatic hydroxyl groups excluding tert-OH is 6. The molecule has 4 rings (SSSR count). The maximum absolute atomic E-state index is 10.7. The zero-order chi connectivity index (χ0) is 26.9. The van der Waals surface area contributed by atoms with Crippen molar-refractivity contribution in [3.05, 3.63) is 35.5 Å². The van der Waals surface area contributed by atoms with E-state index in [9.17, 15) is 30.0 Å². The van der Waals surface area contributed by atoms with E-state index in [-0.39, 0.29) is 73.1 Å². The monoisotopic (exact) mass is 756 g/mol. The van der Waals surface area contributed by atoms with E-state index in [1.807, 2.05) is 0 Å². The van der Waals surface area contributed by atoms with E-state index in [2.05, 4.69) is 9.97 Å². The van der Waals surface area contributed by atoms with Crippen LogP contribution in [0.25, 0.3) is 11.5 Å². The average Bonchev–Trinajstić information content (AvgIpc) is 3.55. The second-order valence-electron chi connectivity index (χ2n) is 7.77. The molecule has 2 saturated heterocycles. The molecule has 0 spiro atoms. The Labute approximate surface area is 272 Å². The molecule has 2 aromatic rings. The number of hydrogen-bond acceptors (Lipinski definition) is 12. The van der Waals surface area contributed by atoms with Crippen LogP contribution in [0.5, 0.6) is 0 Å². The largest absolute Gasteiger partial charge is 3.00 e. The smallest absolute Gasteiger partial charge is 0.480 e. The number of hydrogen-bond donors (Lipinski definition) is 8. The molecule has 8 atom stereocenters. The molecule has 2 radical (unpaired) electrons. The van der Waals surface area contributed by atoms with Crippen LogP contribution in [-0.2, 0) is 60.7 Å². The third kappa shape index (κ3) is 10.0. The Morgan fingerprint density at radius 1 is 0.698 bits per heavy atom. The topological polar surface area (TPSA) is 424 Å². The average molecular weight is 756 g/mol. The minimum Gasteiger partial charge on any atom is -0.480 e. The first kappa shape index (κ1) is 50.7. The van der Waals surface area contributed by atoms with Crippen LogP contribution in [-0.4, -0.2) is 144 Å². The van der Waals surface area contributed by atoms with Crippen molar-refractivity contribution in [2.24, 2.45) is 0 Å². The summed E-state index contributed by atoms with van der Waals surface area (Å²) in [5.74, 6) is -3.63. The van der Waals surface area contributed by atoms with Gasteiger partial charge in [0.2, 0.25) is 0 Å². The van der Waals surface area contributed by atoms with Crippen molar-refractivity contribution in [1.29, 1.82) is 0 Å². The quantitative estimate of drug-likeness (QED) is 0.128. The Balaban J connectivity index is -0.000000193. The zero-order valence-corrected chi connectivity index (χ0v) is 24.6. The number of carboxylic acid groups (broad SMARTS) is 2. The molecule has 22 nitrogen and oxygen atoms in total. The standard InChI is InChI=1S/2C9H12N3O6.3Fe.4H2O/c2*10-7-4(9(16)17)11-2-12(7)8-6(15)5(14)3(1-13)18-8;;;;;;;/h2*2-3,5-6,8,10,13-15H,1H2,(H,16,17);;;;4*1H2/q2*-1;+2;2*+3;;;;/t3-,5-,6-,8+;3-,5-,6-,8-;;;;;;;/m11......./s1. The normalized spacial score (nSPS) is 26.6. The van der Waals surface area contributed by atoms with Crippen LogP contribution >= 0.6 is 0 Å². The van der Waals surface area contributed by atoms with Gasteiger partial charge in [0.25, 0.3) is 0 Å². The minimum absolute atomic E-state index is 0. The van der Waals surface area contributed by atoms with Crippen molar-refractivity contribution in [3.63, 3.8) is 0 Å². The summed E-state index contributed by atoms with van der Waals surface area (Å²) in [4.78, 5) is 28.5. The second-order valence-corrected chi connectivity index (χ2v) is 7.77. The number of rotatable bonds is 6. The van der Waals surface area contributed by atoms with Gasteiger partial charge in [0, 0.05) is 12.7 Å². The van der Waals surface area contributed by atoms with Crippen molar-refractivity contribution in [3.8, 4) is 0 Å². The second kappa shape index (κ2) is 20.9. The molecule has 0 bridgehead atoms. The van der Waals surface area contributed by atoms with Gasteiger partial charge >= 0.3 is 63.1 Å². The number of aliphatic hydroxyl groups is 6. The predicted octanol–water partition coefficient (Wildman–Crippen LogP) is -5.55. The molecule has 2 aliphatic heterocycles. The SMILES string of the molecule is O.O.O.O.[Fe+2].[Fe+3].[Fe+3].[NH-]c1c(C(=O)O)ncn1[C@@H]1O[C@H](CO)[C@@H](O)[C@H]1O.[NH-]c1c(C(=O)O)ncn1[C@H]1O[C@H](CO)[C@@H](O)[C@H]1O. The number of aromatic nitrogens is 4. The van der Waals surface area contributed by atoms with Crippen molar-refractivity contribution in [2.45, 2.75) is 49.1 Å². The van der Waals surface area contributed by atoms with E-state index >= 15 is 0 Å². The van der Waals surface area contributed by atoms with E-state index in [0.717, 1.165) is 21.8 Å². The summed E-state index contributed by atoms with van der Waals surface area (Å²) in [5.41, 5.74) is 14.2. The summed E-state index contributed by atoms with van der Waals surface area (Å²) in [6.07, 6.45) is -7.57. The fourth-order valence-electron chi connectivity index (χ4n) is 3.64. The minimum atomic E-state index is -1.37. The molecule has 0 aromatic carbocycles. The molecule has 248 valence electrons. The number of carboxylic acids is 2. The molecule has 0 amide bonds. The van der Waals surface area contributed by atoms with Gasteiger partial charge in [-0.3, -0.25) is 9.97 Å². The van der Waals surface area contributed by atoms with Crippen molar-refractivity contribution in [2.75, 3.05) is 13.2 Å². The molecular formula is C18H32Fe3N6O16+6. The maximum Gasteiger partial charge on any atom is 3.00 e. The van der Waals surface area contributed by atoms with E-state index in [0.29, 0.717) is 0 Å². The van der Waals surface area contributed by atoms with E-state index < -0.39 is 97.3 Å². The van der Waals surface area contributed by atoms with Gasteiger partial charge in [-0.2, -0.15) is 0 Å². The Bertz CT molecular complexity index is 1030. The first-order valence-corrected chi connectivity index (χ1v) is 10.2. The molecule has 4 heterocycles. The molecule has 18 N–H and O–H groups in total. The Morgan fingerprint density at radius 2 is 0.977 bits per heavy atom. The van der Waals surface area contributed by atoms with Crippen molar-refractivity contribution < 1.29 is 133 Å². The van der Waals surface area contributed by atoms with Crippen molar-refractivity contribution in [1.82, 2.24) is 19.1 Å². The van der Waals surface area contributed by atoms with Crippen LogP contribution in [0.15, 0.2) is 12.7 Å². The molecule has 0 unspecified atom stereocenters. The first-order chi connectivity index (χ1) is 16.9. The van der Waals surface area contributed by atoms with Gasteiger partial charge < -0.3 is 92.8 Å². The van der Waals surface area contributed by atoms with Crippen LogP contribution in [0.2, 0.25) is 0 Å². The third-order valence-electron chi connectivity index (χ3n) is 5.58. The summed E-state index contributed by atoms with van der Waals surface area (Å²) < 4.78 is 12.3. The first-order valence-electron chi connectivity index (χ1n) is 10.2. The van der Waals surface area contributed by atoms with Gasteiger partial charge in [-0.15, -0.1) is 0 Å². The Morgan fingerprint density at radius 3 is 1.16 bits per heavy atom. The number of ether oxygens (including phenoxy) is 2. The van der Waals surface area contributed by atoms with Gasteiger partial charge in [0.15, 0.2) is 0 Å². The van der Waals surface area contributed by atoms with Crippen LogP contribution < -0.4 is 0 Å². The Kier molecular flexibility index (Phi) is 24.6. The fraction of sp³-hybridized carbons (Fsp3) is 0.556. The summed E-state index contributed by atoms with van der Waals surface area (Å²) in [7, 11) is 0. The zero-order valence-electron chi connectivity index (χ0n) is 21.2. The van der Waals surface area contributed by atoms with E-state index in [4.69, 9.17) is 41.4 Å². The summed E-state index contributed by atoms with van der Waals surface area (Å²) >= 11 is 0. The van der Waals surface area contributed by atoms with Gasteiger partial charge in [-0.1, -0.05) is 0 Å². The molecule has 0 saturated carbocycles. The summed E-state index contributed by atoms with van der Waals surface area (Å²) in [6, 6.07) is 0. The molecule has 43 heavy (non-hydrogen) atoms. The molecule has 0 aliphatic carbocycles. The molecule has 25 heteroatoms. The van der Waals surface area contributed by atoms with Crippen LogP contribution in [0.1, 0.15) is 33.4 Å². The summed E-state index contributed by atoms with van der Waals surface area (Å²) in [5, 5.41) is 73.9. The third-order valence-corrected chi connectivity index (χ3v) is 5.58. The fourth-order valence-corrected chi connectivity index (χ4v) is 3.64. The number of imidazole rings is 2. The number of nitrogens with one attached hydrogen (secondary N) is 2. The van der Waals surface area contributed by atoms with E-state index in [1.165, 1.54) is 0 Å².